The van der Waals surface area contributed by atoms with Gasteiger partial charge >= 0.3 is 0 Å². The first-order valence-corrected chi connectivity index (χ1v) is 8.12. The van der Waals surface area contributed by atoms with Gasteiger partial charge in [-0.25, -0.2) is 0 Å². The summed E-state index contributed by atoms with van der Waals surface area (Å²) in [5.41, 5.74) is 7.32. The molecule has 0 aliphatic rings. The average Bonchev–Trinajstić information content (AvgIpc) is 2.62. The van der Waals surface area contributed by atoms with Gasteiger partial charge in [-0.05, 0) is 38.1 Å². The molecule has 6 nitrogen and oxygen atoms in total. The molecule has 0 heterocycles. The van der Waals surface area contributed by atoms with Crippen molar-refractivity contribution in [2.45, 2.75) is 20.0 Å². The number of hydrogen-bond acceptors (Lipinski definition) is 4. The Bertz CT molecular complexity index is 735. The lowest BCUT2D eigenvalue weighted by molar-refractivity contribution is -0.122. The zero-order chi connectivity index (χ0) is 18.2. The minimum Gasteiger partial charge on any atom is -0.481 e. The van der Waals surface area contributed by atoms with Crippen LogP contribution >= 0.6 is 12.4 Å². The summed E-state index contributed by atoms with van der Waals surface area (Å²) >= 11 is 0. The zero-order valence-corrected chi connectivity index (χ0v) is 15.6. The smallest absolute Gasteiger partial charge is 0.265 e. The molecule has 4 N–H and O–H groups in total. The van der Waals surface area contributed by atoms with Crippen molar-refractivity contribution >= 4 is 29.9 Å². The maximum Gasteiger partial charge on any atom is 0.265 e. The lowest BCUT2D eigenvalue weighted by Gasteiger charge is -2.16. The lowest BCUT2D eigenvalue weighted by Crippen LogP contribution is -2.32. The highest BCUT2D eigenvalue weighted by Gasteiger charge is 2.18. The molecule has 0 radical (unpaired) electrons. The summed E-state index contributed by atoms with van der Waals surface area (Å²) in [5, 5.41) is 5.43. The summed E-state index contributed by atoms with van der Waals surface area (Å²) in [4.78, 5) is 24.5. The number of aryl methyl sites for hydroxylation is 1. The molecule has 0 saturated heterocycles. The Labute approximate surface area is 159 Å². The fourth-order valence-corrected chi connectivity index (χ4v) is 2.18. The van der Waals surface area contributed by atoms with Crippen LogP contribution in [0.15, 0.2) is 48.5 Å². The second-order valence-corrected chi connectivity index (χ2v) is 5.65. The molecule has 1 atom stereocenters. The van der Waals surface area contributed by atoms with Gasteiger partial charge in [-0.1, -0.05) is 29.8 Å². The Morgan fingerprint density at radius 3 is 2.42 bits per heavy atom. The van der Waals surface area contributed by atoms with Crippen LogP contribution in [0.5, 0.6) is 5.75 Å². The zero-order valence-electron chi connectivity index (χ0n) is 14.8. The molecule has 0 aliphatic carbocycles. The largest absolute Gasteiger partial charge is 0.481 e. The van der Waals surface area contributed by atoms with Crippen molar-refractivity contribution in [3.63, 3.8) is 0 Å². The van der Waals surface area contributed by atoms with E-state index in [1.165, 1.54) is 0 Å². The fraction of sp³-hybridized carbons (Fsp3) is 0.263. The maximum atomic E-state index is 12.4. The van der Waals surface area contributed by atoms with E-state index in [4.69, 9.17) is 10.5 Å². The number of carbonyl (C=O) groups excluding carboxylic acids is 2. The molecule has 2 rings (SSSR count). The summed E-state index contributed by atoms with van der Waals surface area (Å²) in [5.74, 6) is -0.00432. The average molecular weight is 378 g/mol. The predicted octanol–water partition coefficient (Wildman–Crippen LogP) is 2.51. The maximum absolute atomic E-state index is 12.4. The Morgan fingerprint density at radius 2 is 1.77 bits per heavy atom. The van der Waals surface area contributed by atoms with Gasteiger partial charge in [0.05, 0.1) is 11.3 Å². The van der Waals surface area contributed by atoms with E-state index in [0.29, 0.717) is 30.1 Å². The second-order valence-electron chi connectivity index (χ2n) is 5.65. The van der Waals surface area contributed by atoms with E-state index in [2.05, 4.69) is 10.6 Å². The van der Waals surface area contributed by atoms with E-state index in [0.717, 1.165) is 5.56 Å². The van der Waals surface area contributed by atoms with Crippen molar-refractivity contribution in [3.05, 3.63) is 59.7 Å². The first kappa shape index (κ1) is 21.5. The minimum atomic E-state index is -0.706. The number of anilines is 1. The molecule has 2 aromatic rings. The van der Waals surface area contributed by atoms with Gasteiger partial charge in [0.25, 0.3) is 11.8 Å². The van der Waals surface area contributed by atoms with E-state index in [9.17, 15) is 9.59 Å². The third-order valence-corrected chi connectivity index (χ3v) is 3.56. The molecule has 2 aromatic carbocycles. The van der Waals surface area contributed by atoms with Crippen molar-refractivity contribution in [2.75, 3.05) is 18.4 Å². The van der Waals surface area contributed by atoms with Crippen LogP contribution in [-0.2, 0) is 4.79 Å². The van der Waals surface area contributed by atoms with Gasteiger partial charge in [-0.3, -0.25) is 9.59 Å². The van der Waals surface area contributed by atoms with E-state index in [-0.39, 0.29) is 24.2 Å². The molecule has 0 saturated carbocycles. The molecule has 0 bridgehead atoms. The Hall–Kier alpha value is -2.57. The molecule has 0 aliphatic heterocycles. The highest BCUT2D eigenvalue weighted by molar-refractivity contribution is 6.04. The second kappa shape index (κ2) is 10.4. The van der Waals surface area contributed by atoms with Gasteiger partial charge in [-0.15, -0.1) is 12.4 Å². The van der Waals surface area contributed by atoms with Crippen LogP contribution in [0, 0.1) is 6.92 Å². The van der Waals surface area contributed by atoms with Crippen LogP contribution in [0.25, 0.3) is 0 Å². The van der Waals surface area contributed by atoms with Crippen LogP contribution < -0.4 is 21.1 Å². The molecule has 140 valence electrons. The normalized spacial score (nSPS) is 11.0. The number of ether oxygens (including phenoxy) is 1. The molecule has 26 heavy (non-hydrogen) atoms. The predicted molar refractivity (Wildman–Crippen MR) is 105 cm³/mol. The molecule has 0 spiro atoms. The Kier molecular flexibility index (Phi) is 8.61. The first-order chi connectivity index (χ1) is 12.0. The molecule has 7 heteroatoms. The number of halogens is 1. The first-order valence-electron chi connectivity index (χ1n) is 8.12. The quantitative estimate of drug-likeness (QED) is 0.691. The molecule has 2 amide bonds. The molecular formula is C19H24ClN3O3. The van der Waals surface area contributed by atoms with Crippen molar-refractivity contribution in [1.82, 2.24) is 5.32 Å². The Balaban J connectivity index is 0.00000338. The number of nitrogens with one attached hydrogen (secondary N) is 2. The standard InChI is InChI=1S/C19H23N3O3.ClH/c1-13-7-9-15(10-8-13)25-14(2)18(23)22-17-6-4-3-5-16(17)19(24)21-12-11-20;/h3-10,14H,11-12,20H2,1-2H3,(H,21,24)(H,22,23);1H. The van der Waals surface area contributed by atoms with Gasteiger partial charge in [0.15, 0.2) is 6.10 Å². The lowest BCUT2D eigenvalue weighted by atomic mass is 10.1. The topological polar surface area (TPSA) is 93.4 Å². The van der Waals surface area contributed by atoms with Crippen LogP contribution in [0.4, 0.5) is 5.69 Å². The van der Waals surface area contributed by atoms with Gasteiger partial charge in [0.2, 0.25) is 0 Å². The summed E-state index contributed by atoms with van der Waals surface area (Å²) in [6.45, 7) is 4.36. The van der Waals surface area contributed by atoms with Crippen LogP contribution in [0.2, 0.25) is 0 Å². The van der Waals surface area contributed by atoms with Crippen molar-refractivity contribution < 1.29 is 14.3 Å². The molecular weight excluding hydrogens is 354 g/mol. The summed E-state index contributed by atoms with van der Waals surface area (Å²) in [6.07, 6.45) is -0.706. The fourth-order valence-electron chi connectivity index (χ4n) is 2.18. The van der Waals surface area contributed by atoms with Gasteiger partial charge in [-0.2, -0.15) is 0 Å². The molecule has 0 fully saturated rings. The van der Waals surface area contributed by atoms with Crippen molar-refractivity contribution in [3.8, 4) is 5.75 Å². The summed E-state index contributed by atoms with van der Waals surface area (Å²) < 4.78 is 5.64. The SMILES string of the molecule is Cc1ccc(OC(C)C(=O)Nc2ccccc2C(=O)NCCN)cc1.Cl. The van der Waals surface area contributed by atoms with Crippen LogP contribution in [-0.4, -0.2) is 31.0 Å². The van der Waals surface area contributed by atoms with Crippen LogP contribution in [0.1, 0.15) is 22.8 Å². The van der Waals surface area contributed by atoms with Gasteiger partial charge in [0.1, 0.15) is 5.75 Å². The third kappa shape index (κ3) is 6.06. The van der Waals surface area contributed by atoms with Gasteiger partial charge < -0.3 is 21.1 Å². The monoisotopic (exact) mass is 377 g/mol. The van der Waals surface area contributed by atoms with E-state index in [1.807, 2.05) is 31.2 Å². The van der Waals surface area contributed by atoms with E-state index < -0.39 is 6.10 Å². The summed E-state index contributed by atoms with van der Waals surface area (Å²) in [6, 6.07) is 14.3. The number of carbonyl (C=O) groups is 2. The number of rotatable bonds is 7. The summed E-state index contributed by atoms with van der Waals surface area (Å²) in [7, 11) is 0. The highest BCUT2D eigenvalue weighted by Crippen LogP contribution is 2.17. The number of hydrogen-bond donors (Lipinski definition) is 3. The Morgan fingerprint density at radius 1 is 1.12 bits per heavy atom. The van der Waals surface area contributed by atoms with Crippen LogP contribution in [0.3, 0.4) is 0 Å². The molecule has 1 unspecified atom stereocenters. The number of amides is 2. The van der Waals surface area contributed by atoms with E-state index in [1.54, 1.807) is 31.2 Å². The number of para-hydroxylation sites is 1. The van der Waals surface area contributed by atoms with Crippen molar-refractivity contribution in [2.24, 2.45) is 5.73 Å². The third-order valence-electron chi connectivity index (χ3n) is 3.56. The van der Waals surface area contributed by atoms with E-state index >= 15 is 0 Å². The number of benzene rings is 2. The van der Waals surface area contributed by atoms with Gasteiger partial charge in [0, 0.05) is 13.1 Å². The molecule has 0 aromatic heterocycles. The highest BCUT2D eigenvalue weighted by atomic mass is 35.5. The van der Waals surface area contributed by atoms with Crippen molar-refractivity contribution in [1.29, 1.82) is 0 Å². The minimum absolute atomic E-state index is 0. The number of nitrogens with two attached hydrogens (primary N) is 1.